The van der Waals surface area contributed by atoms with E-state index in [4.69, 9.17) is 0 Å². The summed E-state index contributed by atoms with van der Waals surface area (Å²) >= 11 is 0. The largest absolute Gasteiger partial charge is 0.299 e. The molecular formula is C27H44O. The van der Waals surface area contributed by atoms with Gasteiger partial charge in [-0.15, -0.1) is 0 Å². The van der Waals surface area contributed by atoms with Gasteiger partial charge in [0.25, 0.3) is 0 Å². The van der Waals surface area contributed by atoms with Crippen LogP contribution in [0.5, 0.6) is 0 Å². The predicted octanol–water partition coefficient (Wildman–Crippen LogP) is 7.74. The molecule has 0 aromatic carbocycles. The van der Waals surface area contributed by atoms with E-state index in [9.17, 15) is 4.79 Å². The Morgan fingerprint density at radius 2 is 1.75 bits per heavy atom. The molecular weight excluding hydrogens is 340 g/mol. The van der Waals surface area contributed by atoms with Crippen LogP contribution in [0.2, 0.25) is 0 Å². The number of rotatable bonds is 5. The molecule has 0 radical (unpaired) electrons. The summed E-state index contributed by atoms with van der Waals surface area (Å²) in [6.45, 7) is 12.3. The third kappa shape index (κ3) is 3.24. The molecule has 28 heavy (non-hydrogen) atoms. The molecule has 158 valence electrons. The second-order valence-corrected chi connectivity index (χ2v) is 11.9. The summed E-state index contributed by atoms with van der Waals surface area (Å²) in [5, 5.41) is 0. The van der Waals surface area contributed by atoms with Gasteiger partial charge in [-0.3, -0.25) is 4.79 Å². The normalized spacial score (nSPS) is 41.6. The van der Waals surface area contributed by atoms with E-state index in [1.54, 1.807) is 11.1 Å². The molecule has 0 N–H and O–H groups in total. The third-order valence-electron chi connectivity index (χ3n) is 9.91. The maximum atomic E-state index is 13.2. The lowest BCUT2D eigenvalue weighted by atomic mass is 9.50. The van der Waals surface area contributed by atoms with Crippen molar-refractivity contribution >= 4 is 5.78 Å². The number of hydrogen-bond acceptors (Lipinski definition) is 1. The molecule has 4 aliphatic carbocycles. The van der Waals surface area contributed by atoms with Crippen molar-refractivity contribution in [2.75, 3.05) is 0 Å². The summed E-state index contributed by atoms with van der Waals surface area (Å²) in [5.74, 6) is 4.19. The molecule has 0 amide bonds. The highest BCUT2D eigenvalue weighted by molar-refractivity contribution is 5.87. The van der Waals surface area contributed by atoms with E-state index in [0.29, 0.717) is 23.0 Å². The van der Waals surface area contributed by atoms with Gasteiger partial charge in [0.2, 0.25) is 0 Å². The number of allylic oxidation sites excluding steroid dienone is 2. The van der Waals surface area contributed by atoms with E-state index in [2.05, 4.69) is 34.6 Å². The fourth-order valence-corrected chi connectivity index (χ4v) is 8.35. The number of fused-ring (bicyclic) bond motifs is 4. The maximum Gasteiger partial charge on any atom is 0.140 e. The van der Waals surface area contributed by atoms with Crippen molar-refractivity contribution in [3.8, 4) is 0 Å². The summed E-state index contributed by atoms with van der Waals surface area (Å²) in [6, 6.07) is 0. The van der Waals surface area contributed by atoms with Gasteiger partial charge in [0.05, 0.1) is 0 Å². The summed E-state index contributed by atoms with van der Waals surface area (Å²) in [6.07, 6.45) is 15.4. The lowest BCUT2D eigenvalue weighted by molar-refractivity contribution is -0.128. The Balaban J connectivity index is 1.57. The number of carbonyl (C=O) groups excluding carboxylic acids is 1. The van der Waals surface area contributed by atoms with E-state index < -0.39 is 0 Å². The van der Waals surface area contributed by atoms with E-state index in [-0.39, 0.29) is 5.41 Å². The first kappa shape index (κ1) is 20.7. The first-order chi connectivity index (χ1) is 13.3. The highest BCUT2D eigenvalue weighted by Crippen LogP contribution is 2.65. The number of ketones is 1. The number of Topliss-reactive ketones (excluding diaryl/α,β-unsaturated/α-hetero) is 1. The minimum atomic E-state index is 0.214. The van der Waals surface area contributed by atoms with Crippen molar-refractivity contribution in [2.45, 2.75) is 112 Å². The van der Waals surface area contributed by atoms with Crippen LogP contribution in [0.15, 0.2) is 11.1 Å². The van der Waals surface area contributed by atoms with Gasteiger partial charge < -0.3 is 0 Å². The van der Waals surface area contributed by atoms with Gasteiger partial charge in [0, 0.05) is 12.3 Å². The van der Waals surface area contributed by atoms with Gasteiger partial charge in [-0.05, 0) is 73.0 Å². The van der Waals surface area contributed by atoms with Gasteiger partial charge in [0.15, 0.2) is 0 Å². The quantitative estimate of drug-likeness (QED) is 0.443. The molecule has 0 heterocycles. The molecule has 1 heteroatoms. The lowest BCUT2D eigenvalue weighted by Gasteiger charge is -2.53. The second-order valence-electron chi connectivity index (χ2n) is 11.9. The van der Waals surface area contributed by atoms with Crippen LogP contribution in [0, 0.1) is 40.4 Å². The molecule has 0 aromatic heterocycles. The van der Waals surface area contributed by atoms with Gasteiger partial charge in [0.1, 0.15) is 5.78 Å². The van der Waals surface area contributed by atoms with Crippen LogP contribution in [0.3, 0.4) is 0 Å². The first-order valence-corrected chi connectivity index (χ1v) is 12.5. The van der Waals surface area contributed by atoms with E-state index in [1.165, 1.54) is 64.2 Å². The van der Waals surface area contributed by atoms with Crippen molar-refractivity contribution < 1.29 is 4.79 Å². The van der Waals surface area contributed by atoms with Crippen molar-refractivity contribution in [1.29, 1.82) is 0 Å². The highest BCUT2D eigenvalue weighted by Gasteiger charge is 2.56. The van der Waals surface area contributed by atoms with Gasteiger partial charge >= 0.3 is 0 Å². The van der Waals surface area contributed by atoms with E-state index in [1.807, 2.05) is 0 Å². The first-order valence-electron chi connectivity index (χ1n) is 12.5. The molecule has 2 saturated carbocycles. The smallest absolute Gasteiger partial charge is 0.140 e. The van der Waals surface area contributed by atoms with Crippen LogP contribution < -0.4 is 0 Å². The number of carbonyl (C=O) groups is 1. The fourth-order valence-electron chi connectivity index (χ4n) is 8.35. The third-order valence-corrected chi connectivity index (χ3v) is 9.91. The van der Waals surface area contributed by atoms with E-state index >= 15 is 0 Å². The van der Waals surface area contributed by atoms with Gasteiger partial charge in [-0.2, -0.15) is 0 Å². The summed E-state index contributed by atoms with van der Waals surface area (Å²) in [5.41, 5.74) is 4.09. The zero-order chi connectivity index (χ0) is 20.1. The van der Waals surface area contributed by atoms with Crippen LogP contribution >= 0.6 is 0 Å². The van der Waals surface area contributed by atoms with E-state index in [0.717, 1.165) is 30.6 Å². The van der Waals surface area contributed by atoms with Crippen LogP contribution in [0.25, 0.3) is 0 Å². The second kappa shape index (κ2) is 7.59. The Labute approximate surface area is 174 Å². The molecule has 2 fully saturated rings. The minimum Gasteiger partial charge on any atom is -0.299 e. The van der Waals surface area contributed by atoms with Crippen LogP contribution in [-0.4, -0.2) is 5.78 Å². The molecule has 0 bridgehead atoms. The molecule has 1 unspecified atom stereocenters. The maximum absolute atomic E-state index is 13.2. The molecule has 0 aromatic rings. The Kier molecular flexibility index (Phi) is 5.60. The van der Waals surface area contributed by atoms with Gasteiger partial charge in [-0.1, -0.05) is 77.9 Å². The lowest BCUT2D eigenvalue weighted by Crippen LogP contribution is -2.47. The fraction of sp³-hybridized carbons (Fsp3) is 0.889. The minimum absolute atomic E-state index is 0.214. The molecule has 0 spiro atoms. The highest BCUT2D eigenvalue weighted by atomic mass is 16.1. The Morgan fingerprint density at radius 1 is 0.964 bits per heavy atom. The van der Waals surface area contributed by atoms with Crippen molar-refractivity contribution in [1.82, 2.24) is 0 Å². The average molecular weight is 385 g/mol. The summed E-state index contributed by atoms with van der Waals surface area (Å²) < 4.78 is 0. The molecule has 6 atom stereocenters. The molecule has 0 saturated heterocycles. The Bertz CT molecular complexity index is 643. The molecule has 4 rings (SSSR count). The summed E-state index contributed by atoms with van der Waals surface area (Å²) in [7, 11) is 0. The monoisotopic (exact) mass is 384 g/mol. The molecule has 0 aliphatic heterocycles. The van der Waals surface area contributed by atoms with Crippen LogP contribution in [-0.2, 0) is 4.79 Å². The average Bonchev–Trinajstić information content (AvgIpc) is 2.99. The number of hydrogen-bond donors (Lipinski definition) is 0. The Morgan fingerprint density at radius 3 is 2.50 bits per heavy atom. The topological polar surface area (TPSA) is 17.1 Å². The molecule has 1 nitrogen and oxygen atoms in total. The standard InChI is InChI=1S/C27H44O/c1-18(2)9-8-10-19(3)21-12-13-22-20-17-25(28)24-11-6-7-15-26(24,4)23(20)14-16-27(21,22)5/h18-19,21-22,24H,6-17H2,1-5H3/t19-,21-,22+,24?,26-,27-/m1/s1. The Hall–Kier alpha value is -0.590. The van der Waals surface area contributed by atoms with Crippen molar-refractivity contribution in [3.05, 3.63) is 11.1 Å². The zero-order valence-corrected chi connectivity index (χ0v) is 19.3. The SMILES string of the molecule is CC(C)CCC[C@@H](C)[C@H]1CC[C@H]2C3=C(CC[C@]12C)[C@@]1(C)CCCCC1C(=O)C3. The zero-order valence-electron chi connectivity index (χ0n) is 19.3. The van der Waals surface area contributed by atoms with Crippen molar-refractivity contribution in [3.63, 3.8) is 0 Å². The summed E-state index contributed by atoms with van der Waals surface area (Å²) in [4.78, 5) is 13.2. The van der Waals surface area contributed by atoms with Crippen LogP contribution in [0.4, 0.5) is 0 Å². The van der Waals surface area contributed by atoms with Crippen molar-refractivity contribution in [2.24, 2.45) is 40.4 Å². The van der Waals surface area contributed by atoms with Gasteiger partial charge in [-0.25, -0.2) is 0 Å². The van der Waals surface area contributed by atoms with Crippen LogP contribution in [0.1, 0.15) is 112 Å². The predicted molar refractivity (Wildman–Crippen MR) is 118 cm³/mol. The molecule has 4 aliphatic rings.